The third-order valence-electron chi connectivity index (χ3n) is 6.25. The lowest BCUT2D eigenvalue weighted by Crippen LogP contribution is -2.25. The summed E-state index contributed by atoms with van der Waals surface area (Å²) in [6.07, 6.45) is 14.7. The Labute approximate surface area is 141 Å². The van der Waals surface area contributed by atoms with Crippen LogP contribution in [0.5, 0.6) is 0 Å². The van der Waals surface area contributed by atoms with Crippen LogP contribution in [-0.2, 0) is 0 Å². The van der Waals surface area contributed by atoms with E-state index in [2.05, 4.69) is 43.3 Å². The summed E-state index contributed by atoms with van der Waals surface area (Å²) in [6.45, 7) is 2.17. The molecule has 0 amide bonds. The smallest absolute Gasteiger partial charge is 0.0908 e. The highest BCUT2D eigenvalue weighted by atomic mass is 14.4. The number of nitriles is 1. The van der Waals surface area contributed by atoms with E-state index in [1.54, 1.807) is 11.6 Å². The Morgan fingerprint density at radius 3 is 2.00 bits per heavy atom. The normalized spacial score (nSPS) is 31.8. The van der Waals surface area contributed by atoms with Gasteiger partial charge in [-0.25, -0.2) is 0 Å². The van der Waals surface area contributed by atoms with E-state index in [1.165, 1.54) is 56.9 Å². The number of hydrogen-bond acceptors (Lipinski definition) is 1. The third kappa shape index (κ3) is 4.25. The standard InChI is InChI=1S/C22H29N/c1-17-4-8-19(9-5-17)21-12-14-22(15-13-21)20-10-6-18(7-11-20)3-2-16-23/h2-5,8-9,18,20-22H,6-7,10-15H2,1H3/b3-2+. The fourth-order valence-corrected chi connectivity index (χ4v) is 4.75. The molecule has 1 aromatic rings. The molecule has 122 valence electrons. The van der Waals surface area contributed by atoms with E-state index in [0.29, 0.717) is 5.92 Å². The molecule has 0 unspecified atom stereocenters. The second-order valence-electron chi connectivity index (χ2n) is 7.69. The van der Waals surface area contributed by atoms with Gasteiger partial charge in [0, 0.05) is 6.08 Å². The number of nitrogens with zero attached hydrogens (tertiary/aromatic N) is 1. The molecule has 0 aromatic heterocycles. The molecule has 23 heavy (non-hydrogen) atoms. The average molecular weight is 307 g/mol. The van der Waals surface area contributed by atoms with Gasteiger partial charge in [0.2, 0.25) is 0 Å². The molecular formula is C22H29N. The van der Waals surface area contributed by atoms with Crippen LogP contribution in [0.3, 0.4) is 0 Å². The fourth-order valence-electron chi connectivity index (χ4n) is 4.75. The minimum absolute atomic E-state index is 0.662. The number of benzene rings is 1. The average Bonchev–Trinajstić information content (AvgIpc) is 2.61. The van der Waals surface area contributed by atoms with Crippen LogP contribution in [0.25, 0.3) is 0 Å². The summed E-state index contributed by atoms with van der Waals surface area (Å²) in [5, 5.41) is 8.65. The SMILES string of the molecule is Cc1ccc(C2CCC(C3CCC(/C=C/C#N)CC3)CC2)cc1. The lowest BCUT2D eigenvalue weighted by Gasteiger charge is -2.37. The van der Waals surface area contributed by atoms with Crippen molar-refractivity contribution in [3.8, 4) is 6.07 Å². The van der Waals surface area contributed by atoms with Gasteiger partial charge in [-0.2, -0.15) is 5.26 Å². The Morgan fingerprint density at radius 2 is 1.43 bits per heavy atom. The summed E-state index contributed by atoms with van der Waals surface area (Å²) in [6, 6.07) is 11.3. The van der Waals surface area contributed by atoms with Crippen LogP contribution in [0.2, 0.25) is 0 Å². The Balaban J connectivity index is 1.47. The molecule has 0 aliphatic heterocycles. The maximum atomic E-state index is 8.65. The van der Waals surface area contributed by atoms with E-state index in [1.807, 2.05) is 0 Å². The van der Waals surface area contributed by atoms with Crippen molar-refractivity contribution in [1.82, 2.24) is 0 Å². The molecule has 2 aliphatic carbocycles. The highest BCUT2D eigenvalue weighted by Gasteiger charge is 2.30. The van der Waals surface area contributed by atoms with Crippen LogP contribution < -0.4 is 0 Å². The Morgan fingerprint density at radius 1 is 0.870 bits per heavy atom. The molecule has 3 rings (SSSR count). The van der Waals surface area contributed by atoms with Crippen molar-refractivity contribution < 1.29 is 0 Å². The van der Waals surface area contributed by atoms with Crippen LogP contribution in [0, 0.1) is 36.0 Å². The summed E-state index contributed by atoms with van der Waals surface area (Å²) in [5.74, 6) is 3.36. The van der Waals surface area contributed by atoms with E-state index < -0.39 is 0 Å². The monoisotopic (exact) mass is 307 g/mol. The van der Waals surface area contributed by atoms with Gasteiger partial charge >= 0.3 is 0 Å². The van der Waals surface area contributed by atoms with Crippen LogP contribution >= 0.6 is 0 Å². The van der Waals surface area contributed by atoms with E-state index in [-0.39, 0.29) is 0 Å². The van der Waals surface area contributed by atoms with Crippen molar-refractivity contribution in [1.29, 1.82) is 5.26 Å². The van der Waals surface area contributed by atoms with Crippen molar-refractivity contribution in [2.24, 2.45) is 17.8 Å². The predicted molar refractivity (Wildman–Crippen MR) is 96.1 cm³/mol. The van der Waals surface area contributed by atoms with E-state index in [0.717, 1.165) is 17.8 Å². The topological polar surface area (TPSA) is 23.8 Å². The lowest BCUT2D eigenvalue weighted by molar-refractivity contribution is 0.171. The van der Waals surface area contributed by atoms with Crippen molar-refractivity contribution in [3.05, 3.63) is 47.5 Å². The molecule has 1 aromatic carbocycles. The zero-order valence-electron chi connectivity index (χ0n) is 14.4. The van der Waals surface area contributed by atoms with Crippen molar-refractivity contribution in [2.45, 2.75) is 64.2 Å². The van der Waals surface area contributed by atoms with Crippen molar-refractivity contribution in [2.75, 3.05) is 0 Å². The van der Waals surface area contributed by atoms with Gasteiger partial charge in [0.05, 0.1) is 6.07 Å². The molecule has 2 fully saturated rings. The lowest BCUT2D eigenvalue weighted by atomic mass is 9.68. The molecule has 0 spiro atoms. The van der Waals surface area contributed by atoms with Gasteiger partial charge in [-0.1, -0.05) is 35.9 Å². The summed E-state index contributed by atoms with van der Waals surface area (Å²) >= 11 is 0. The van der Waals surface area contributed by atoms with E-state index in [4.69, 9.17) is 5.26 Å². The zero-order chi connectivity index (χ0) is 16.1. The minimum atomic E-state index is 0.662. The number of rotatable bonds is 3. The maximum Gasteiger partial charge on any atom is 0.0908 e. The van der Waals surface area contributed by atoms with E-state index in [9.17, 15) is 0 Å². The highest BCUT2D eigenvalue weighted by molar-refractivity contribution is 5.24. The van der Waals surface area contributed by atoms with Crippen LogP contribution in [0.15, 0.2) is 36.4 Å². The Kier molecular flexibility index (Phi) is 5.55. The second kappa shape index (κ2) is 7.82. The number of aryl methyl sites for hydroxylation is 1. The predicted octanol–water partition coefficient (Wildman–Crippen LogP) is 6.16. The number of hydrogen-bond donors (Lipinski definition) is 0. The molecule has 0 bridgehead atoms. The molecule has 2 saturated carbocycles. The maximum absolute atomic E-state index is 8.65. The summed E-state index contributed by atoms with van der Waals surface area (Å²) in [5.41, 5.74) is 2.92. The molecule has 0 radical (unpaired) electrons. The third-order valence-corrected chi connectivity index (χ3v) is 6.25. The first-order chi connectivity index (χ1) is 11.3. The molecule has 2 aliphatic rings. The summed E-state index contributed by atoms with van der Waals surface area (Å²) in [7, 11) is 0. The summed E-state index contributed by atoms with van der Waals surface area (Å²) in [4.78, 5) is 0. The fraction of sp³-hybridized carbons (Fsp3) is 0.591. The largest absolute Gasteiger partial charge is 0.193 e. The Hall–Kier alpha value is -1.55. The van der Waals surface area contributed by atoms with Gasteiger partial charge in [0.1, 0.15) is 0 Å². The van der Waals surface area contributed by atoms with Gasteiger partial charge in [0.25, 0.3) is 0 Å². The zero-order valence-corrected chi connectivity index (χ0v) is 14.4. The molecule has 0 atom stereocenters. The molecular weight excluding hydrogens is 278 g/mol. The molecule has 1 nitrogen and oxygen atoms in total. The first-order valence-corrected chi connectivity index (χ1v) is 9.39. The van der Waals surface area contributed by atoms with Gasteiger partial charge in [0.15, 0.2) is 0 Å². The quantitative estimate of drug-likeness (QED) is 0.614. The van der Waals surface area contributed by atoms with Crippen molar-refractivity contribution >= 4 is 0 Å². The van der Waals surface area contributed by atoms with Crippen LogP contribution in [0.1, 0.15) is 68.4 Å². The van der Waals surface area contributed by atoms with Gasteiger partial charge < -0.3 is 0 Å². The van der Waals surface area contributed by atoms with Gasteiger partial charge in [-0.15, -0.1) is 0 Å². The van der Waals surface area contributed by atoms with Gasteiger partial charge in [-0.05, 0) is 87.5 Å². The number of allylic oxidation sites excluding steroid dienone is 2. The van der Waals surface area contributed by atoms with Crippen LogP contribution in [-0.4, -0.2) is 0 Å². The molecule has 1 heteroatoms. The van der Waals surface area contributed by atoms with E-state index >= 15 is 0 Å². The molecule has 0 N–H and O–H groups in total. The molecule has 0 saturated heterocycles. The highest BCUT2D eigenvalue weighted by Crippen LogP contribution is 2.44. The first-order valence-electron chi connectivity index (χ1n) is 9.39. The van der Waals surface area contributed by atoms with Gasteiger partial charge in [-0.3, -0.25) is 0 Å². The second-order valence-corrected chi connectivity index (χ2v) is 7.69. The Bertz CT molecular complexity index is 547. The summed E-state index contributed by atoms with van der Waals surface area (Å²) < 4.78 is 0. The van der Waals surface area contributed by atoms with Crippen LogP contribution in [0.4, 0.5) is 0 Å². The minimum Gasteiger partial charge on any atom is -0.193 e. The van der Waals surface area contributed by atoms with Crippen molar-refractivity contribution in [3.63, 3.8) is 0 Å². The molecule has 0 heterocycles. The first kappa shape index (κ1) is 16.3.